The summed E-state index contributed by atoms with van der Waals surface area (Å²) in [5.41, 5.74) is 1.64. The second-order valence-electron chi connectivity index (χ2n) is 3.64. The molecule has 2 rings (SSSR count). The SMILES string of the molecule is COc1ccccc1C1(CS)CC1. The van der Waals surface area contributed by atoms with Crippen LogP contribution in [-0.4, -0.2) is 12.9 Å². The average molecular weight is 194 g/mol. The summed E-state index contributed by atoms with van der Waals surface area (Å²) in [6, 6.07) is 8.26. The van der Waals surface area contributed by atoms with E-state index >= 15 is 0 Å². The number of rotatable bonds is 3. The number of hydrogen-bond acceptors (Lipinski definition) is 2. The van der Waals surface area contributed by atoms with Gasteiger partial charge in [-0.25, -0.2) is 0 Å². The third-order valence-corrected chi connectivity index (χ3v) is 3.44. The van der Waals surface area contributed by atoms with Crippen LogP contribution in [0.15, 0.2) is 24.3 Å². The molecule has 0 aromatic heterocycles. The summed E-state index contributed by atoms with van der Waals surface area (Å²) >= 11 is 4.41. The summed E-state index contributed by atoms with van der Waals surface area (Å²) in [4.78, 5) is 0. The Kier molecular flexibility index (Phi) is 2.24. The fraction of sp³-hybridized carbons (Fsp3) is 0.455. The van der Waals surface area contributed by atoms with Crippen molar-refractivity contribution in [3.8, 4) is 5.75 Å². The summed E-state index contributed by atoms with van der Waals surface area (Å²) in [6.07, 6.45) is 2.49. The van der Waals surface area contributed by atoms with Crippen molar-refractivity contribution in [2.75, 3.05) is 12.9 Å². The first kappa shape index (κ1) is 8.95. The zero-order chi connectivity index (χ0) is 9.31. The van der Waals surface area contributed by atoms with Gasteiger partial charge in [0.15, 0.2) is 0 Å². The maximum atomic E-state index is 5.34. The Balaban J connectivity index is 2.39. The molecule has 1 fully saturated rings. The molecule has 70 valence electrons. The molecule has 1 saturated carbocycles. The van der Waals surface area contributed by atoms with Gasteiger partial charge < -0.3 is 4.74 Å². The van der Waals surface area contributed by atoms with Gasteiger partial charge in [0.25, 0.3) is 0 Å². The highest BCUT2D eigenvalue weighted by molar-refractivity contribution is 7.80. The van der Waals surface area contributed by atoms with Gasteiger partial charge in [-0.2, -0.15) is 12.6 Å². The van der Waals surface area contributed by atoms with E-state index in [-0.39, 0.29) is 0 Å². The maximum absolute atomic E-state index is 5.34. The molecule has 0 saturated heterocycles. The Hall–Kier alpha value is -0.630. The molecule has 0 atom stereocenters. The first-order valence-electron chi connectivity index (χ1n) is 4.57. The van der Waals surface area contributed by atoms with Crippen molar-refractivity contribution < 1.29 is 4.74 Å². The normalized spacial score (nSPS) is 18.3. The molecule has 0 spiro atoms. The highest BCUT2D eigenvalue weighted by Crippen LogP contribution is 2.51. The van der Waals surface area contributed by atoms with Gasteiger partial charge in [-0.3, -0.25) is 0 Å². The number of methoxy groups -OCH3 is 1. The maximum Gasteiger partial charge on any atom is 0.122 e. The van der Waals surface area contributed by atoms with Crippen LogP contribution in [0, 0.1) is 0 Å². The quantitative estimate of drug-likeness (QED) is 0.728. The molecular weight excluding hydrogens is 180 g/mol. The third-order valence-electron chi connectivity index (χ3n) is 2.83. The lowest BCUT2D eigenvalue weighted by Gasteiger charge is -2.15. The molecule has 0 radical (unpaired) electrons. The Labute approximate surface area is 84.5 Å². The van der Waals surface area contributed by atoms with Crippen molar-refractivity contribution >= 4 is 12.6 Å². The standard InChI is InChI=1S/C11H14OS/c1-12-10-5-3-2-4-9(10)11(8-13)6-7-11/h2-5,13H,6-8H2,1H3. The lowest BCUT2D eigenvalue weighted by atomic mass is 9.97. The largest absolute Gasteiger partial charge is 0.496 e. The van der Waals surface area contributed by atoms with Crippen LogP contribution in [-0.2, 0) is 5.41 Å². The van der Waals surface area contributed by atoms with E-state index in [0.717, 1.165) is 11.5 Å². The molecule has 1 aliphatic rings. The summed E-state index contributed by atoms with van der Waals surface area (Å²) in [7, 11) is 1.73. The molecule has 0 amide bonds. The smallest absolute Gasteiger partial charge is 0.122 e. The first-order valence-corrected chi connectivity index (χ1v) is 5.20. The summed E-state index contributed by atoms with van der Waals surface area (Å²) in [5, 5.41) is 0. The van der Waals surface area contributed by atoms with E-state index in [0.29, 0.717) is 5.41 Å². The number of hydrogen-bond donors (Lipinski definition) is 1. The predicted molar refractivity (Wildman–Crippen MR) is 57.8 cm³/mol. The highest BCUT2D eigenvalue weighted by atomic mass is 32.1. The third kappa shape index (κ3) is 1.44. The van der Waals surface area contributed by atoms with Gasteiger partial charge in [0.2, 0.25) is 0 Å². The topological polar surface area (TPSA) is 9.23 Å². The van der Waals surface area contributed by atoms with Crippen molar-refractivity contribution in [1.82, 2.24) is 0 Å². The summed E-state index contributed by atoms with van der Waals surface area (Å²) < 4.78 is 5.34. The van der Waals surface area contributed by atoms with E-state index in [9.17, 15) is 0 Å². The molecular formula is C11H14OS. The molecule has 1 aromatic rings. The van der Waals surface area contributed by atoms with Crippen LogP contribution in [0.4, 0.5) is 0 Å². The average Bonchev–Trinajstić information content (AvgIpc) is 2.98. The lowest BCUT2D eigenvalue weighted by molar-refractivity contribution is 0.406. The van der Waals surface area contributed by atoms with Crippen molar-refractivity contribution in [2.24, 2.45) is 0 Å². The Morgan fingerprint density at radius 3 is 2.62 bits per heavy atom. The van der Waals surface area contributed by atoms with Gasteiger partial charge in [-0.05, 0) is 18.9 Å². The van der Waals surface area contributed by atoms with Crippen LogP contribution in [0.2, 0.25) is 0 Å². The Morgan fingerprint density at radius 1 is 1.38 bits per heavy atom. The number of para-hydroxylation sites is 1. The van der Waals surface area contributed by atoms with Gasteiger partial charge in [0, 0.05) is 16.7 Å². The second kappa shape index (κ2) is 3.26. The molecule has 13 heavy (non-hydrogen) atoms. The number of benzene rings is 1. The van der Waals surface area contributed by atoms with Crippen molar-refractivity contribution in [3.63, 3.8) is 0 Å². The molecule has 1 aromatic carbocycles. The fourth-order valence-corrected chi connectivity index (χ4v) is 2.23. The fourth-order valence-electron chi connectivity index (χ4n) is 1.75. The molecule has 1 aliphatic carbocycles. The Morgan fingerprint density at radius 2 is 2.08 bits per heavy atom. The van der Waals surface area contributed by atoms with E-state index in [4.69, 9.17) is 4.74 Å². The van der Waals surface area contributed by atoms with Gasteiger partial charge in [0.1, 0.15) is 5.75 Å². The first-order chi connectivity index (χ1) is 6.32. The molecule has 1 nitrogen and oxygen atoms in total. The summed E-state index contributed by atoms with van der Waals surface area (Å²) in [6.45, 7) is 0. The van der Waals surface area contributed by atoms with Crippen molar-refractivity contribution in [3.05, 3.63) is 29.8 Å². The predicted octanol–water partition coefficient (Wildman–Crippen LogP) is 2.66. The van der Waals surface area contributed by atoms with E-state index in [2.05, 4.69) is 24.8 Å². The van der Waals surface area contributed by atoms with Crippen LogP contribution in [0.1, 0.15) is 18.4 Å². The molecule has 0 heterocycles. The molecule has 0 N–H and O–H groups in total. The zero-order valence-corrected chi connectivity index (χ0v) is 8.68. The van der Waals surface area contributed by atoms with Gasteiger partial charge in [0.05, 0.1) is 7.11 Å². The van der Waals surface area contributed by atoms with E-state index in [1.807, 2.05) is 12.1 Å². The minimum Gasteiger partial charge on any atom is -0.496 e. The molecule has 0 aliphatic heterocycles. The molecule has 0 bridgehead atoms. The van der Waals surface area contributed by atoms with Crippen LogP contribution < -0.4 is 4.74 Å². The number of ether oxygens (including phenoxy) is 1. The van der Waals surface area contributed by atoms with Crippen LogP contribution in [0.25, 0.3) is 0 Å². The highest BCUT2D eigenvalue weighted by Gasteiger charge is 2.44. The summed E-state index contributed by atoms with van der Waals surface area (Å²) in [5.74, 6) is 1.93. The van der Waals surface area contributed by atoms with Crippen molar-refractivity contribution in [1.29, 1.82) is 0 Å². The van der Waals surface area contributed by atoms with Crippen LogP contribution in [0.5, 0.6) is 5.75 Å². The molecule has 2 heteroatoms. The Bertz CT molecular complexity index is 305. The van der Waals surface area contributed by atoms with E-state index in [1.165, 1.54) is 18.4 Å². The monoisotopic (exact) mass is 194 g/mol. The second-order valence-corrected chi connectivity index (χ2v) is 3.95. The van der Waals surface area contributed by atoms with Gasteiger partial charge in [-0.15, -0.1) is 0 Å². The lowest BCUT2D eigenvalue weighted by Crippen LogP contribution is -2.09. The van der Waals surface area contributed by atoms with Crippen molar-refractivity contribution in [2.45, 2.75) is 18.3 Å². The van der Waals surface area contributed by atoms with Gasteiger partial charge in [-0.1, -0.05) is 18.2 Å². The van der Waals surface area contributed by atoms with Crippen LogP contribution >= 0.6 is 12.6 Å². The van der Waals surface area contributed by atoms with Crippen LogP contribution in [0.3, 0.4) is 0 Å². The van der Waals surface area contributed by atoms with E-state index < -0.39 is 0 Å². The minimum atomic E-state index is 0.315. The zero-order valence-electron chi connectivity index (χ0n) is 7.79. The van der Waals surface area contributed by atoms with Gasteiger partial charge >= 0.3 is 0 Å². The minimum absolute atomic E-state index is 0.315. The van der Waals surface area contributed by atoms with E-state index in [1.54, 1.807) is 7.11 Å². The number of thiol groups is 1. The molecule has 0 unspecified atom stereocenters.